The molecular formula is C10H7F3N2O. The second kappa shape index (κ2) is 3.88. The fraction of sp³-hybridized carbons (Fsp3) is 0.100. The van der Waals surface area contributed by atoms with Gasteiger partial charge >= 0.3 is 6.18 Å². The number of alkyl halides is 3. The van der Waals surface area contributed by atoms with Crippen LogP contribution in [0.3, 0.4) is 0 Å². The number of hydrogen-bond donors (Lipinski definition) is 1. The van der Waals surface area contributed by atoms with Gasteiger partial charge in [0.05, 0.1) is 5.56 Å². The molecule has 0 aliphatic heterocycles. The zero-order chi connectivity index (χ0) is 11.6. The van der Waals surface area contributed by atoms with Crippen LogP contribution in [0.25, 0.3) is 0 Å². The number of rotatable bonds is 2. The van der Waals surface area contributed by atoms with E-state index in [1.54, 1.807) is 6.20 Å². The molecule has 84 valence electrons. The lowest BCUT2D eigenvalue weighted by Crippen LogP contribution is -2.04. The van der Waals surface area contributed by atoms with E-state index >= 15 is 0 Å². The van der Waals surface area contributed by atoms with Gasteiger partial charge in [0.25, 0.3) is 6.01 Å². The van der Waals surface area contributed by atoms with Crippen molar-refractivity contribution in [3.8, 4) is 11.8 Å². The second-order valence-corrected chi connectivity index (χ2v) is 3.02. The molecule has 0 amide bonds. The first kappa shape index (κ1) is 10.5. The standard InChI is InChI=1S/C10H7F3N2O/c11-10(12,13)7-1-3-8(4-2-7)16-9-14-5-6-15-9/h1-6H,(H,14,15). The molecule has 0 unspecified atom stereocenters. The molecule has 1 N–H and O–H groups in total. The minimum atomic E-state index is -4.33. The number of aromatic nitrogens is 2. The van der Waals surface area contributed by atoms with Gasteiger partial charge in [-0.05, 0) is 24.3 Å². The highest BCUT2D eigenvalue weighted by Crippen LogP contribution is 2.30. The number of nitrogens with zero attached hydrogens (tertiary/aromatic N) is 1. The minimum Gasteiger partial charge on any atom is -0.426 e. The van der Waals surface area contributed by atoms with Crippen LogP contribution in [0.15, 0.2) is 36.7 Å². The summed E-state index contributed by atoms with van der Waals surface area (Å²) in [6.07, 6.45) is -1.29. The number of nitrogens with one attached hydrogen (secondary N) is 1. The maximum Gasteiger partial charge on any atom is 0.416 e. The average molecular weight is 228 g/mol. The Bertz CT molecular complexity index is 448. The third kappa shape index (κ3) is 2.33. The van der Waals surface area contributed by atoms with E-state index in [4.69, 9.17) is 4.74 Å². The summed E-state index contributed by atoms with van der Waals surface area (Å²) in [5, 5.41) is 0. The van der Waals surface area contributed by atoms with Gasteiger partial charge in [-0.2, -0.15) is 13.2 Å². The van der Waals surface area contributed by atoms with E-state index in [1.165, 1.54) is 18.3 Å². The van der Waals surface area contributed by atoms with Gasteiger partial charge in [-0.1, -0.05) is 0 Å². The molecule has 6 heteroatoms. The first-order valence-corrected chi connectivity index (χ1v) is 4.40. The van der Waals surface area contributed by atoms with Crippen molar-refractivity contribution in [2.45, 2.75) is 6.18 Å². The van der Waals surface area contributed by atoms with Crippen LogP contribution in [0.4, 0.5) is 13.2 Å². The van der Waals surface area contributed by atoms with E-state index in [1.807, 2.05) is 0 Å². The van der Waals surface area contributed by atoms with Gasteiger partial charge in [-0.15, -0.1) is 0 Å². The van der Waals surface area contributed by atoms with E-state index < -0.39 is 11.7 Å². The van der Waals surface area contributed by atoms with Gasteiger partial charge in [0.1, 0.15) is 5.75 Å². The van der Waals surface area contributed by atoms with E-state index in [0.717, 1.165) is 12.1 Å². The molecule has 1 aromatic carbocycles. The zero-order valence-corrected chi connectivity index (χ0v) is 7.95. The number of benzene rings is 1. The Kier molecular flexibility index (Phi) is 2.55. The largest absolute Gasteiger partial charge is 0.426 e. The van der Waals surface area contributed by atoms with Crippen molar-refractivity contribution in [1.82, 2.24) is 9.97 Å². The van der Waals surface area contributed by atoms with Crippen molar-refractivity contribution in [2.75, 3.05) is 0 Å². The first-order valence-electron chi connectivity index (χ1n) is 4.40. The molecule has 0 spiro atoms. The average Bonchev–Trinajstić information content (AvgIpc) is 2.70. The number of imidazole rings is 1. The molecule has 0 atom stereocenters. The SMILES string of the molecule is FC(F)(F)c1ccc(Oc2ncc[nH]2)cc1. The van der Waals surface area contributed by atoms with Gasteiger partial charge in [0.2, 0.25) is 0 Å². The molecule has 16 heavy (non-hydrogen) atoms. The molecule has 0 aliphatic rings. The normalized spacial score (nSPS) is 11.4. The van der Waals surface area contributed by atoms with E-state index in [2.05, 4.69) is 9.97 Å². The topological polar surface area (TPSA) is 37.9 Å². The molecule has 1 aromatic heterocycles. The Hall–Kier alpha value is -1.98. The van der Waals surface area contributed by atoms with Crippen molar-refractivity contribution < 1.29 is 17.9 Å². The molecule has 0 bridgehead atoms. The van der Waals surface area contributed by atoms with Crippen LogP contribution in [0.2, 0.25) is 0 Å². The fourth-order valence-electron chi connectivity index (χ4n) is 1.13. The summed E-state index contributed by atoms with van der Waals surface area (Å²) in [5.74, 6) is 0.294. The Morgan fingerprint density at radius 1 is 1.12 bits per heavy atom. The monoisotopic (exact) mass is 228 g/mol. The molecule has 0 saturated heterocycles. The number of hydrogen-bond acceptors (Lipinski definition) is 2. The molecule has 0 fully saturated rings. The minimum absolute atomic E-state index is 0.236. The highest BCUT2D eigenvalue weighted by molar-refractivity contribution is 5.30. The molecule has 0 saturated carbocycles. The summed E-state index contributed by atoms with van der Waals surface area (Å²) in [6, 6.07) is 4.63. The summed E-state index contributed by atoms with van der Waals surface area (Å²) < 4.78 is 41.9. The van der Waals surface area contributed by atoms with Crippen LogP contribution in [0, 0.1) is 0 Å². The summed E-state index contributed by atoms with van der Waals surface area (Å²) >= 11 is 0. The number of H-pyrrole nitrogens is 1. The lowest BCUT2D eigenvalue weighted by molar-refractivity contribution is -0.137. The number of aromatic amines is 1. The molecular weight excluding hydrogens is 221 g/mol. The third-order valence-electron chi connectivity index (χ3n) is 1.87. The first-order chi connectivity index (χ1) is 7.55. The quantitative estimate of drug-likeness (QED) is 0.856. The van der Waals surface area contributed by atoms with Gasteiger partial charge in [0, 0.05) is 12.4 Å². The maximum atomic E-state index is 12.2. The van der Waals surface area contributed by atoms with Crippen molar-refractivity contribution in [3.63, 3.8) is 0 Å². The lowest BCUT2D eigenvalue weighted by atomic mass is 10.2. The highest BCUT2D eigenvalue weighted by Gasteiger charge is 2.30. The van der Waals surface area contributed by atoms with Crippen LogP contribution >= 0.6 is 0 Å². The third-order valence-corrected chi connectivity index (χ3v) is 1.87. The van der Waals surface area contributed by atoms with E-state index in [9.17, 15) is 13.2 Å². The van der Waals surface area contributed by atoms with E-state index in [0.29, 0.717) is 5.75 Å². The predicted octanol–water partition coefficient (Wildman–Crippen LogP) is 3.22. The zero-order valence-electron chi connectivity index (χ0n) is 7.95. The Morgan fingerprint density at radius 2 is 1.81 bits per heavy atom. The van der Waals surface area contributed by atoms with Crippen molar-refractivity contribution in [2.24, 2.45) is 0 Å². The molecule has 1 heterocycles. The van der Waals surface area contributed by atoms with Gasteiger partial charge in [-0.25, -0.2) is 4.98 Å². The van der Waals surface area contributed by atoms with Crippen molar-refractivity contribution in [1.29, 1.82) is 0 Å². The highest BCUT2D eigenvalue weighted by atomic mass is 19.4. The molecule has 0 aliphatic carbocycles. The van der Waals surface area contributed by atoms with Crippen LogP contribution in [0.1, 0.15) is 5.56 Å². The van der Waals surface area contributed by atoms with Crippen molar-refractivity contribution in [3.05, 3.63) is 42.2 Å². The van der Waals surface area contributed by atoms with Crippen LogP contribution in [-0.2, 0) is 6.18 Å². The second-order valence-electron chi connectivity index (χ2n) is 3.02. The molecule has 3 nitrogen and oxygen atoms in total. The maximum absolute atomic E-state index is 12.2. The smallest absolute Gasteiger partial charge is 0.416 e. The summed E-state index contributed by atoms with van der Waals surface area (Å²) in [5.41, 5.74) is -0.709. The fourth-order valence-corrected chi connectivity index (χ4v) is 1.13. The Morgan fingerprint density at radius 3 is 2.31 bits per heavy atom. The molecule has 0 radical (unpaired) electrons. The lowest BCUT2D eigenvalue weighted by Gasteiger charge is -2.07. The number of halogens is 3. The molecule has 2 aromatic rings. The van der Waals surface area contributed by atoms with E-state index in [-0.39, 0.29) is 6.01 Å². The van der Waals surface area contributed by atoms with Crippen molar-refractivity contribution >= 4 is 0 Å². The van der Waals surface area contributed by atoms with Crippen LogP contribution in [0.5, 0.6) is 11.8 Å². The summed E-state index contributed by atoms with van der Waals surface area (Å²) in [7, 11) is 0. The Labute approximate surface area is 88.9 Å². The van der Waals surface area contributed by atoms with Gasteiger partial charge in [-0.3, -0.25) is 0 Å². The van der Waals surface area contributed by atoms with Crippen LogP contribution < -0.4 is 4.74 Å². The number of ether oxygens (including phenoxy) is 1. The summed E-state index contributed by atoms with van der Waals surface area (Å²) in [6.45, 7) is 0. The summed E-state index contributed by atoms with van der Waals surface area (Å²) in [4.78, 5) is 6.46. The van der Waals surface area contributed by atoms with Gasteiger partial charge in [0.15, 0.2) is 0 Å². The Balaban J connectivity index is 2.14. The molecule has 2 rings (SSSR count). The predicted molar refractivity (Wildman–Crippen MR) is 50.1 cm³/mol. The van der Waals surface area contributed by atoms with Crippen LogP contribution in [-0.4, -0.2) is 9.97 Å². The van der Waals surface area contributed by atoms with Gasteiger partial charge < -0.3 is 9.72 Å².